The van der Waals surface area contributed by atoms with Crippen molar-refractivity contribution < 1.29 is 9.84 Å². The van der Waals surface area contributed by atoms with Crippen LogP contribution < -0.4 is 5.32 Å². The predicted molar refractivity (Wildman–Crippen MR) is 97.6 cm³/mol. The number of guanidine groups is 1. The van der Waals surface area contributed by atoms with E-state index >= 15 is 0 Å². The Morgan fingerprint density at radius 2 is 2.24 bits per heavy atom. The SMILES string of the molecule is CCNC(=NCC1(O)CCOCC1)N1CCC(C)C(n2ccnc2)C1. The van der Waals surface area contributed by atoms with Gasteiger partial charge in [-0.25, -0.2) is 4.98 Å². The molecule has 0 aromatic carbocycles. The third kappa shape index (κ3) is 4.52. The monoisotopic (exact) mass is 349 g/mol. The third-order valence-electron chi connectivity index (χ3n) is 5.41. The zero-order chi connectivity index (χ0) is 17.7. The summed E-state index contributed by atoms with van der Waals surface area (Å²) in [5.74, 6) is 1.51. The first-order valence-corrected chi connectivity index (χ1v) is 9.42. The number of nitrogens with zero attached hydrogens (tertiary/aromatic N) is 4. The molecule has 1 aromatic rings. The van der Waals surface area contributed by atoms with Crippen LogP contribution in [-0.2, 0) is 4.74 Å². The number of aliphatic hydroxyl groups is 1. The van der Waals surface area contributed by atoms with Crippen molar-refractivity contribution in [1.82, 2.24) is 19.8 Å². The number of nitrogens with one attached hydrogen (secondary N) is 1. The molecule has 2 aliphatic rings. The topological polar surface area (TPSA) is 74.9 Å². The highest BCUT2D eigenvalue weighted by Crippen LogP contribution is 2.27. The number of hydrogen-bond acceptors (Lipinski definition) is 4. The van der Waals surface area contributed by atoms with Crippen molar-refractivity contribution in [3.8, 4) is 0 Å². The maximum atomic E-state index is 10.7. The van der Waals surface area contributed by atoms with Crippen LogP contribution in [0, 0.1) is 5.92 Å². The second-order valence-electron chi connectivity index (χ2n) is 7.30. The molecule has 0 spiro atoms. The lowest BCUT2D eigenvalue weighted by molar-refractivity contribution is -0.0567. The Morgan fingerprint density at radius 1 is 1.44 bits per heavy atom. The standard InChI is InChI=1S/C18H31N5O2/c1-3-20-17(21-13-18(24)5-10-25-11-6-18)22-8-4-15(2)16(12-22)23-9-7-19-14-23/h7,9,14-16,24H,3-6,8,10-13H2,1-2H3,(H,20,21). The Labute approximate surface area is 150 Å². The smallest absolute Gasteiger partial charge is 0.194 e. The van der Waals surface area contributed by atoms with Gasteiger partial charge in [0.2, 0.25) is 0 Å². The summed E-state index contributed by atoms with van der Waals surface area (Å²) in [6.45, 7) is 8.77. The van der Waals surface area contributed by atoms with Crippen molar-refractivity contribution >= 4 is 5.96 Å². The highest BCUT2D eigenvalue weighted by molar-refractivity contribution is 5.80. The minimum atomic E-state index is -0.730. The van der Waals surface area contributed by atoms with Gasteiger partial charge in [-0.2, -0.15) is 0 Å². The van der Waals surface area contributed by atoms with Crippen LogP contribution >= 0.6 is 0 Å². The summed E-state index contributed by atoms with van der Waals surface area (Å²) in [6.07, 6.45) is 8.21. The molecule has 3 rings (SSSR count). The Morgan fingerprint density at radius 3 is 2.92 bits per heavy atom. The number of rotatable bonds is 4. The molecule has 0 bridgehead atoms. The second kappa shape index (κ2) is 8.19. The van der Waals surface area contributed by atoms with Crippen molar-refractivity contribution in [3.63, 3.8) is 0 Å². The molecule has 1 aromatic heterocycles. The molecule has 25 heavy (non-hydrogen) atoms. The van der Waals surface area contributed by atoms with Gasteiger partial charge in [-0.15, -0.1) is 0 Å². The first-order valence-electron chi connectivity index (χ1n) is 9.42. The average molecular weight is 349 g/mol. The lowest BCUT2D eigenvalue weighted by Crippen LogP contribution is -2.50. The van der Waals surface area contributed by atoms with Crippen molar-refractivity contribution in [2.45, 2.75) is 44.8 Å². The highest BCUT2D eigenvalue weighted by Gasteiger charge is 2.32. The fourth-order valence-corrected chi connectivity index (χ4v) is 3.65. The molecule has 2 fully saturated rings. The van der Waals surface area contributed by atoms with E-state index in [4.69, 9.17) is 9.73 Å². The largest absolute Gasteiger partial charge is 0.388 e. The molecule has 7 nitrogen and oxygen atoms in total. The first kappa shape index (κ1) is 18.2. The molecular formula is C18H31N5O2. The van der Waals surface area contributed by atoms with Crippen molar-refractivity contribution in [1.29, 1.82) is 0 Å². The van der Waals surface area contributed by atoms with Gasteiger partial charge in [0.15, 0.2) is 5.96 Å². The lowest BCUT2D eigenvalue weighted by Gasteiger charge is -2.39. The van der Waals surface area contributed by atoms with E-state index in [1.807, 2.05) is 18.7 Å². The maximum Gasteiger partial charge on any atom is 0.194 e. The zero-order valence-electron chi connectivity index (χ0n) is 15.4. The summed E-state index contributed by atoms with van der Waals surface area (Å²) in [4.78, 5) is 11.3. The molecular weight excluding hydrogens is 318 g/mol. The van der Waals surface area contributed by atoms with E-state index in [-0.39, 0.29) is 0 Å². The summed E-state index contributed by atoms with van der Waals surface area (Å²) in [5, 5.41) is 14.1. The minimum absolute atomic E-state index is 0.395. The van der Waals surface area contributed by atoms with Gasteiger partial charge in [0.1, 0.15) is 0 Å². The van der Waals surface area contributed by atoms with Crippen LogP contribution in [0.1, 0.15) is 39.2 Å². The fraction of sp³-hybridized carbons (Fsp3) is 0.778. The Hall–Kier alpha value is -1.60. The van der Waals surface area contributed by atoms with Crippen LogP contribution in [0.3, 0.4) is 0 Å². The van der Waals surface area contributed by atoms with E-state index in [0.717, 1.165) is 32.0 Å². The molecule has 2 aliphatic heterocycles. The van der Waals surface area contributed by atoms with E-state index in [0.29, 0.717) is 44.6 Å². The lowest BCUT2D eigenvalue weighted by atomic mass is 9.93. The van der Waals surface area contributed by atoms with Gasteiger partial charge < -0.3 is 24.6 Å². The summed E-state index contributed by atoms with van der Waals surface area (Å²) < 4.78 is 7.56. The Kier molecular flexibility index (Phi) is 5.96. The zero-order valence-corrected chi connectivity index (χ0v) is 15.4. The predicted octanol–water partition coefficient (Wildman–Crippen LogP) is 1.27. The van der Waals surface area contributed by atoms with Crippen molar-refractivity contribution in [2.75, 3.05) is 39.4 Å². The molecule has 0 amide bonds. The second-order valence-corrected chi connectivity index (χ2v) is 7.30. The fourth-order valence-electron chi connectivity index (χ4n) is 3.65. The van der Waals surface area contributed by atoms with Gasteiger partial charge in [0, 0.05) is 58.1 Å². The van der Waals surface area contributed by atoms with E-state index in [1.165, 1.54) is 0 Å². The van der Waals surface area contributed by atoms with Crippen molar-refractivity contribution in [2.24, 2.45) is 10.9 Å². The van der Waals surface area contributed by atoms with E-state index in [9.17, 15) is 5.11 Å². The number of aromatic nitrogens is 2. The molecule has 140 valence electrons. The third-order valence-corrected chi connectivity index (χ3v) is 5.41. The number of ether oxygens (including phenoxy) is 1. The summed E-state index contributed by atoms with van der Waals surface area (Å²) in [6, 6.07) is 0.395. The molecule has 2 N–H and O–H groups in total. The van der Waals surface area contributed by atoms with Gasteiger partial charge in [0.05, 0.1) is 24.5 Å². The number of piperidine rings is 1. The molecule has 2 unspecified atom stereocenters. The average Bonchev–Trinajstić information content (AvgIpc) is 3.14. The van der Waals surface area contributed by atoms with Crippen molar-refractivity contribution in [3.05, 3.63) is 18.7 Å². The van der Waals surface area contributed by atoms with Gasteiger partial charge in [-0.1, -0.05) is 6.92 Å². The van der Waals surface area contributed by atoms with E-state index < -0.39 is 5.60 Å². The Bertz CT molecular complexity index is 554. The maximum absolute atomic E-state index is 10.7. The van der Waals surface area contributed by atoms with Crippen LogP contribution in [0.5, 0.6) is 0 Å². The van der Waals surface area contributed by atoms with Gasteiger partial charge in [-0.05, 0) is 19.3 Å². The summed E-state index contributed by atoms with van der Waals surface area (Å²) in [5.41, 5.74) is -0.730. The quantitative estimate of drug-likeness (QED) is 0.633. The van der Waals surface area contributed by atoms with E-state index in [1.54, 1.807) is 0 Å². The van der Waals surface area contributed by atoms with Crippen LogP contribution in [0.25, 0.3) is 0 Å². The van der Waals surface area contributed by atoms with Gasteiger partial charge >= 0.3 is 0 Å². The number of aliphatic imine (C=N–C) groups is 1. The molecule has 2 saturated heterocycles. The van der Waals surface area contributed by atoms with E-state index in [2.05, 4.69) is 33.6 Å². The molecule has 3 heterocycles. The summed E-state index contributed by atoms with van der Waals surface area (Å²) in [7, 11) is 0. The minimum Gasteiger partial charge on any atom is -0.388 e. The van der Waals surface area contributed by atoms with Crippen LogP contribution in [0.15, 0.2) is 23.7 Å². The highest BCUT2D eigenvalue weighted by atomic mass is 16.5. The number of likely N-dealkylation sites (tertiary alicyclic amines) is 1. The molecule has 0 radical (unpaired) electrons. The first-order chi connectivity index (χ1) is 12.1. The number of imidazole rings is 1. The van der Waals surface area contributed by atoms with Gasteiger partial charge in [0.25, 0.3) is 0 Å². The van der Waals surface area contributed by atoms with Crippen LogP contribution in [0.2, 0.25) is 0 Å². The van der Waals surface area contributed by atoms with Crippen LogP contribution in [-0.4, -0.2) is 70.5 Å². The normalized spacial score (nSPS) is 27.3. The number of hydrogen-bond donors (Lipinski definition) is 2. The summed E-state index contributed by atoms with van der Waals surface area (Å²) >= 11 is 0. The molecule has 2 atom stereocenters. The molecule has 7 heteroatoms. The van der Waals surface area contributed by atoms with Crippen LogP contribution in [0.4, 0.5) is 0 Å². The van der Waals surface area contributed by atoms with Gasteiger partial charge in [-0.3, -0.25) is 4.99 Å². The molecule has 0 saturated carbocycles. The molecule has 0 aliphatic carbocycles. The Balaban J connectivity index is 1.69.